The number of nitrogens with one attached hydrogen (secondary N) is 1. The molecule has 2 aromatic carbocycles. The van der Waals surface area contributed by atoms with E-state index < -0.39 is 18.0 Å². The zero-order chi connectivity index (χ0) is 20.8. The third-order valence-electron chi connectivity index (χ3n) is 4.10. The van der Waals surface area contributed by atoms with Gasteiger partial charge in [0.25, 0.3) is 5.91 Å². The van der Waals surface area contributed by atoms with E-state index in [1.54, 1.807) is 24.3 Å². The molecule has 0 bridgehead atoms. The normalized spacial score (nSPS) is 11.6. The summed E-state index contributed by atoms with van der Waals surface area (Å²) in [5, 5.41) is 3.20. The molecule has 1 heterocycles. The first-order valence-corrected chi connectivity index (χ1v) is 9.35. The number of furan rings is 1. The van der Waals surface area contributed by atoms with Crippen molar-refractivity contribution < 1.29 is 23.5 Å². The summed E-state index contributed by atoms with van der Waals surface area (Å²) in [5.74, 6) is -0.0540. The average Bonchev–Trinajstić information content (AvgIpc) is 3.19. The Morgan fingerprint density at radius 2 is 1.86 bits per heavy atom. The van der Waals surface area contributed by atoms with Crippen LogP contribution in [0.25, 0.3) is 0 Å². The van der Waals surface area contributed by atoms with Gasteiger partial charge in [-0.05, 0) is 55.8 Å². The second-order valence-electron chi connectivity index (χ2n) is 6.36. The topological polar surface area (TPSA) is 77.8 Å². The lowest BCUT2D eigenvalue weighted by Gasteiger charge is -2.14. The number of amides is 1. The highest BCUT2D eigenvalue weighted by Crippen LogP contribution is 2.21. The van der Waals surface area contributed by atoms with Crippen LogP contribution in [0.1, 0.15) is 28.8 Å². The Kier molecular flexibility index (Phi) is 6.57. The predicted molar refractivity (Wildman–Crippen MR) is 109 cm³/mol. The van der Waals surface area contributed by atoms with Crippen LogP contribution >= 0.6 is 11.6 Å². The molecular weight excluding hydrogens is 394 g/mol. The van der Waals surface area contributed by atoms with E-state index in [1.807, 2.05) is 37.3 Å². The van der Waals surface area contributed by atoms with Gasteiger partial charge in [-0.25, -0.2) is 4.79 Å². The van der Waals surface area contributed by atoms with Crippen molar-refractivity contribution in [2.75, 3.05) is 5.32 Å². The van der Waals surface area contributed by atoms with Crippen LogP contribution in [0.3, 0.4) is 0 Å². The van der Waals surface area contributed by atoms with E-state index in [0.717, 1.165) is 5.56 Å². The SMILES string of the molecule is Cc1ccc(Cl)cc1NC(=O)[C@@H](C)OC(=O)c1ccc(COc2ccccc2)o1. The van der Waals surface area contributed by atoms with E-state index in [4.69, 9.17) is 25.5 Å². The molecule has 0 spiro atoms. The molecule has 0 radical (unpaired) electrons. The summed E-state index contributed by atoms with van der Waals surface area (Å²) >= 11 is 5.95. The monoisotopic (exact) mass is 413 g/mol. The highest BCUT2D eigenvalue weighted by molar-refractivity contribution is 6.31. The van der Waals surface area contributed by atoms with Crippen LogP contribution in [0.4, 0.5) is 5.69 Å². The van der Waals surface area contributed by atoms with Crippen molar-refractivity contribution in [3.63, 3.8) is 0 Å². The molecule has 1 N–H and O–H groups in total. The molecule has 0 unspecified atom stereocenters. The van der Waals surface area contributed by atoms with E-state index in [2.05, 4.69) is 5.32 Å². The number of benzene rings is 2. The van der Waals surface area contributed by atoms with Crippen molar-refractivity contribution in [2.45, 2.75) is 26.6 Å². The Labute approximate surface area is 173 Å². The van der Waals surface area contributed by atoms with Crippen LogP contribution in [-0.2, 0) is 16.1 Å². The first-order chi connectivity index (χ1) is 13.9. The molecule has 6 nitrogen and oxygen atoms in total. The van der Waals surface area contributed by atoms with Gasteiger partial charge in [0.05, 0.1) is 0 Å². The molecule has 0 saturated carbocycles. The van der Waals surface area contributed by atoms with E-state index in [9.17, 15) is 9.59 Å². The number of halogens is 1. The Morgan fingerprint density at radius 1 is 1.10 bits per heavy atom. The van der Waals surface area contributed by atoms with Crippen molar-refractivity contribution >= 4 is 29.2 Å². The van der Waals surface area contributed by atoms with Crippen LogP contribution in [0.15, 0.2) is 65.1 Å². The number of rotatable bonds is 7. The molecule has 3 rings (SSSR count). The number of anilines is 1. The lowest BCUT2D eigenvalue weighted by Crippen LogP contribution is -2.30. The van der Waals surface area contributed by atoms with Gasteiger partial charge < -0.3 is 19.2 Å². The summed E-state index contributed by atoms with van der Waals surface area (Å²) in [6, 6.07) is 17.5. The molecular formula is C22H20ClNO5. The standard InChI is InChI=1S/C22H20ClNO5/c1-14-8-9-16(23)12-19(14)24-21(25)15(2)28-22(26)20-11-10-18(29-20)13-27-17-6-4-3-5-7-17/h3-12,15H,13H2,1-2H3,(H,24,25)/t15-/m1/s1. The highest BCUT2D eigenvalue weighted by Gasteiger charge is 2.22. The van der Waals surface area contributed by atoms with Crippen molar-refractivity contribution in [2.24, 2.45) is 0 Å². The zero-order valence-corrected chi connectivity index (χ0v) is 16.7. The number of aryl methyl sites for hydroxylation is 1. The fourth-order valence-corrected chi connectivity index (χ4v) is 2.64. The first-order valence-electron chi connectivity index (χ1n) is 8.97. The molecule has 0 aliphatic rings. The maximum atomic E-state index is 12.3. The molecule has 7 heteroatoms. The Balaban J connectivity index is 1.54. The maximum Gasteiger partial charge on any atom is 0.375 e. The van der Waals surface area contributed by atoms with E-state index in [0.29, 0.717) is 22.2 Å². The predicted octanol–water partition coefficient (Wildman–Crippen LogP) is 5.00. The number of ether oxygens (including phenoxy) is 2. The number of hydrogen-bond acceptors (Lipinski definition) is 5. The van der Waals surface area contributed by atoms with Crippen molar-refractivity contribution in [3.8, 4) is 5.75 Å². The largest absolute Gasteiger partial charge is 0.486 e. The molecule has 29 heavy (non-hydrogen) atoms. The van der Waals surface area contributed by atoms with Crippen molar-refractivity contribution in [1.29, 1.82) is 0 Å². The fourth-order valence-electron chi connectivity index (χ4n) is 2.47. The molecule has 150 valence electrons. The third kappa shape index (κ3) is 5.62. The van der Waals surface area contributed by atoms with Crippen LogP contribution < -0.4 is 10.1 Å². The molecule has 0 aliphatic heterocycles. The van der Waals surface area contributed by atoms with Crippen molar-refractivity contribution in [3.05, 3.63) is 82.8 Å². The first kappa shape index (κ1) is 20.5. The molecule has 1 atom stereocenters. The number of carbonyl (C=O) groups excluding carboxylic acids is 2. The van der Waals surface area contributed by atoms with Gasteiger partial charge in [-0.3, -0.25) is 4.79 Å². The number of hydrogen-bond donors (Lipinski definition) is 1. The molecule has 0 aliphatic carbocycles. The smallest absolute Gasteiger partial charge is 0.375 e. The Morgan fingerprint density at radius 3 is 2.62 bits per heavy atom. The van der Waals surface area contributed by atoms with Gasteiger partial charge in [0.2, 0.25) is 5.76 Å². The van der Waals surface area contributed by atoms with Crippen molar-refractivity contribution in [1.82, 2.24) is 0 Å². The molecule has 1 aromatic heterocycles. The summed E-state index contributed by atoms with van der Waals surface area (Å²) in [4.78, 5) is 24.6. The van der Waals surface area contributed by atoms with Gasteiger partial charge in [-0.2, -0.15) is 0 Å². The second-order valence-corrected chi connectivity index (χ2v) is 6.80. The van der Waals surface area contributed by atoms with Gasteiger partial charge in [0, 0.05) is 10.7 Å². The Hall–Kier alpha value is -3.25. The number of carbonyl (C=O) groups is 2. The van der Waals surface area contributed by atoms with E-state index in [1.165, 1.54) is 13.0 Å². The summed E-state index contributed by atoms with van der Waals surface area (Å²) in [6.07, 6.45) is -1.02. The van der Waals surface area contributed by atoms with Gasteiger partial charge in [-0.1, -0.05) is 35.9 Å². The van der Waals surface area contributed by atoms with Crippen LogP contribution in [0.5, 0.6) is 5.75 Å². The summed E-state index contributed by atoms with van der Waals surface area (Å²) < 4.78 is 16.2. The number of para-hydroxylation sites is 1. The van der Waals surface area contributed by atoms with Crippen LogP contribution in [0.2, 0.25) is 5.02 Å². The lowest BCUT2D eigenvalue weighted by atomic mass is 10.2. The fraction of sp³-hybridized carbons (Fsp3) is 0.182. The Bertz CT molecular complexity index is 999. The average molecular weight is 414 g/mol. The summed E-state index contributed by atoms with van der Waals surface area (Å²) in [5.41, 5.74) is 1.40. The highest BCUT2D eigenvalue weighted by atomic mass is 35.5. The minimum Gasteiger partial charge on any atom is -0.486 e. The molecule has 3 aromatic rings. The van der Waals surface area contributed by atoms with E-state index in [-0.39, 0.29) is 12.4 Å². The van der Waals surface area contributed by atoms with Gasteiger partial charge in [-0.15, -0.1) is 0 Å². The van der Waals surface area contributed by atoms with Gasteiger partial charge in [0.15, 0.2) is 6.10 Å². The summed E-state index contributed by atoms with van der Waals surface area (Å²) in [7, 11) is 0. The quantitative estimate of drug-likeness (QED) is 0.551. The summed E-state index contributed by atoms with van der Waals surface area (Å²) in [6.45, 7) is 3.49. The lowest BCUT2D eigenvalue weighted by molar-refractivity contribution is -0.123. The number of esters is 1. The molecule has 1 amide bonds. The van der Waals surface area contributed by atoms with E-state index >= 15 is 0 Å². The van der Waals surface area contributed by atoms with Crippen LogP contribution in [0, 0.1) is 6.92 Å². The van der Waals surface area contributed by atoms with Gasteiger partial charge in [0.1, 0.15) is 18.1 Å². The molecule has 0 saturated heterocycles. The second kappa shape index (κ2) is 9.30. The maximum absolute atomic E-state index is 12.3. The minimum atomic E-state index is -1.02. The van der Waals surface area contributed by atoms with Gasteiger partial charge >= 0.3 is 5.97 Å². The zero-order valence-electron chi connectivity index (χ0n) is 16.0. The van der Waals surface area contributed by atoms with Crippen LogP contribution in [-0.4, -0.2) is 18.0 Å². The molecule has 0 fully saturated rings. The minimum absolute atomic E-state index is 0.00440. The third-order valence-corrected chi connectivity index (χ3v) is 4.33.